The van der Waals surface area contributed by atoms with Gasteiger partial charge in [-0.1, -0.05) is 20.8 Å². The molecule has 1 aliphatic carbocycles. The van der Waals surface area contributed by atoms with Gasteiger partial charge in [-0.25, -0.2) is 0 Å². The monoisotopic (exact) mass is 240 g/mol. The van der Waals surface area contributed by atoms with Crippen molar-refractivity contribution in [3.05, 3.63) is 0 Å². The summed E-state index contributed by atoms with van der Waals surface area (Å²) in [7, 11) is 6.66. The molecular formula is C15H32N2. The fourth-order valence-electron chi connectivity index (χ4n) is 3.45. The van der Waals surface area contributed by atoms with Crippen molar-refractivity contribution in [2.24, 2.45) is 11.8 Å². The maximum absolute atomic E-state index is 3.60. The van der Waals surface area contributed by atoms with Crippen molar-refractivity contribution in [3.63, 3.8) is 0 Å². The molecule has 2 nitrogen and oxygen atoms in total. The topological polar surface area (TPSA) is 15.3 Å². The molecule has 0 bridgehead atoms. The molecular weight excluding hydrogens is 208 g/mol. The van der Waals surface area contributed by atoms with Crippen LogP contribution in [0.25, 0.3) is 0 Å². The van der Waals surface area contributed by atoms with Gasteiger partial charge in [0.15, 0.2) is 0 Å². The van der Waals surface area contributed by atoms with Crippen LogP contribution in [0.3, 0.4) is 0 Å². The highest BCUT2D eigenvalue weighted by molar-refractivity contribution is 5.01. The van der Waals surface area contributed by atoms with E-state index in [4.69, 9.17) is 0 Å². The molecule has 0 aromatic carbocycles. The summed E-state index contributed by atoms with van der Waals surface area (Å²) in [4.78, 5) is 2.49. The number of rotatable bonds is 5. The molecule has 1 N–H and O–H groups in total. The first-order valence-corrected chi connectivity index (χ1v) is 7.27. The lowest BCUT2D eigenvalue weighted by Crippen LogP contribution is -2.60. The standard InChI is InChI=1S/C15H32N2/c1-12(2)11-14(16-4)15(17(5)6)9-7-13(3)8-10-15/h12-14,16H,7-11H2,1-6H3. The highest BCUT2D eigenvalue weighted by Gasteiger charge is 2.42. The lowest BCUT2D eigenvalue weighted by Gasteiger charge is -2.50. The first kappa shape index (κ1) is 15.0. The molecule has 1 aliphatic rings. The summed E-state index contributed by atoms with van der Waals surface area (Å²) in [5, 5.41) is 3.60. The van der Waals surface area contributed by atoms with E-state index in [0.29, 0.717) is 11.6 Å². The minimum Gasteiger partial charge on any atom is -0.315 e. The van der Waals surface area contributed by atoms with Crippen LogP contribution in [0.5, 0.6) is 0 Å². The first-order valence-electron chi connectivity index (χ1n) is 7.27. The predicted molar refractivity (Wildman–Crippen MR) is 76.4 cm³/mol. The van der Waals surface area contributed by atoms with E-state index in [1.54, 1.807) is 0 Å². The van der Waals surface area contributed by atoms with Crippen LogP contribution in [0, 0.1) is 11.8 Å². The molecule has 2 heteroatoms. The fraction of sp³-hybridized carbons (Fsp3) is 1.00. The Morgan fingerprint density at radius 3 is 2.12 bits per heavy atom. The average molecular weight is 240 g/mol. The van der Waals surface area contributed by atoms with Gasteiger partial charge in [0, 0.05) is 11.6 Å². The van der Waals surface area contributed by atoms with E-state index in [9.17, 15) is 0 Å². The van der Waals surface area contributed by atoms with Crippen LogP contribution in [-0.4, -0.2) is 37.6 Å². The van der Waals surface area contributed by atoms with Crippen LogP contribution in [0.4, 0.5) is 0 Å². The zero-order valence-electron chi connectivity index (χ0n) is 12.7. The van der Waals surface area contributed by atoms with Crippen LogP contribution in [-0.2, 0) is 0 Å². The lowest BCUT2D eigenvalue weighted by molar-refractivity contribution is 0.0388. The molecule has 1 atom stereocenters. The van der Waals surface area contributed by atoms with Gasteiger partial charge in [-0.2, -0.15) is 0 Å². The second-order valence-corrected chi connectivity index (χ2v) is 6.65. The van der Waals surface area contributed by atoms with Gasteiger partial charge in [0.25, 0.3) is 0 Å². The molecule has 0 amide bonds. The Labute approximate surface area is 108 Å². The van der Waals surface area contributed by atoms with Crippen LogP contribution in [0.1, 0.15) is 52.9 Å². The highest BCUT2D eigenvalue weighted by atomic mass is 15.2. The largest absolute Gasteiger partial charge is 0.315 e. The predicted octanol–water partition coefficient (Wildman–Crippen LogP) is 3.13. The van der Waals surface area contributed by atoms with Crippen molar-refractivity contribution in [3.8, 4) is 0 Å². The number of nitrogens with zero attached hydrogens (tertiary/aromatic N) is 1. The van der Waals surface area contributed by atoms with Crippen molar-refractivity contribution in [1.29, 1.82) is 0 Å². The average Bonchev–Trinajstić information content (AvgIpc) is 2.27. The molecule has 1 unspecified atom stereocenters. The molecule has 0 aromatic heterocycles. The normalized spacial score (nSPS) is 32.1. The maximum atomic E-state index is 3.60. The van der Waals surface area contributed by atoms with Crippen molar-refractivity contribution in [1.82, 2.24) is 10.2 Å². The Balaban J connectivity index is 2.82. The molecule has 0 aromatic rings. The second kappa shape index (κ2) is 6.19. The molecule has 17 heavy (non-hydrogen) atoms. The quantitative estimate of drug-likeness (QED) is 0.794. The van der Waals surface area contributed by atoms with Crippen LogP contribution in [0.15, 0.2) is 0 Å². The highest BCUT2D eigenvalue weighted by Crippen LogP contribution is 2.39. The third-order valence-corrected chi connectivity index (χ3v) is 4.73. The van der Waals surface area contributed by atoms with Gasteiger partial charge < -0.3 is 10.2 Å². The van der Waals surface area contributed by atoms with Gasteiger partial charge in [-0.15, -0.1) is 0 Å². The summed E-state index contributed by atoms with van der Waals surface area (Å²) in [5.41, 5.74) is 0.380. The van der Waals surface area contributed by atoms with Crippen molar-refractivity contribution in [2.45, 2.75) is 64.5 Å². The summed E-state index contributed by atoms with van der Waals surface area (Å²) in [6.07, 6.45) is 6.74. The summed E-state index contributed by atoms with van der Waals surface area (Å²) >= 11 is 0. The third-order valence-electron chi connectivity index (χ3n) is 4.73. The van der Waals surface area contributed by atoms with Gasteiger partial charge in [0.05, 0.1) is 0 Å². The van der Waals surface area contributed by atoms with E-state index in [1.807, 2.05) is 0 Å². The van der Waals surface area contributed by atoms with Crippen LogP contribution >= 0.6 is 0 Å². The molecule has 102 valence electrons. The van der Waals surface area contributed by atoms with E-state index in [2.05, 4.69) is 52.1 Å². The Kier molecular flexibility index (Phi) is 5.46. The Morgan fingerprint density at radius 1 is 1.24 bits per heavy atom. The van der Waals surface area contributed by atoms with Gasteiger partial charge in [0.1, 0.15) is 0 Å². The Hall–Kier alpha value is -0.0800. The first-order chi connectivity index (χ1) is 7.92. The van der Waals surface area contributed by atoms with Gasteiger partial charge in [-0.05, 0) is 65.1 Å². The zero-order valence-corrected chi connectivity index (χ0v) is 12.7. The molecule has 0 saturated heterocycles. The minimum atomic E-state index is 0.380. The smallest absolute Gasteiger partial charge is 0.0356 e. The van der Waals surface area contributed by atoms with E-state index in [1.165, 1.54) is 32.1 Å². The van der Waals surface area contributed by atoms with Crippen molar-refractivity contribution in [2.75, 3.05) is 21.1 Å². The molecule has 0 aliphatic heterocycles. The summed E-state index contributed by atoms with van der Waals surface area (Å²) in [5.74, 6) is 1.68. The number of hydrogen-bond donors (Lipinski definition) is 1. The number of hydrogen-bond acceptors (Lipinski definition) is 2. The minimum absolute atomic E-state index is 0.380. The van der Waals surface area contributed by atoms with Crippen LogP contribution < -0.4 is 5.32 Å². The molecule has 1 fully saturated rings. The van der Waals surface area contributed by atoms with Gasteiger partial charge in [-0.3, -0.25) is 0 Å². The molecule has 1 saturated carbocycles. The van der Waals surface area contributed by atoms with Gasteiger partial charge >= 0.3 is 0 Å². The summed E-state index contributed by atoms with van der Waals surface area (Å²) in [6, 6.07) is 0.630. The van der Waals surface area contributed by atoms with Crippen molar-refractivity contribution < 1.29 is 0 Å². The third kappa shape index (κ3) is 3.45. The van der Waals surface area contributed by atoms with Crippen LogP contribution in [0.2, 0.25) is 0 Å². The molecule has 0 heterocycles. The maximum Gasteiger partial charge on any atom is 0.0356 e. The summed E-state index contributed by atoms with van der Waals surface area (Å²) < 4.78 is 0. The Bertz CT molecular complexity index is 215. The lowest BCUT2D eigenvalue weighted by atomic mass is 9.70. The van der Waals surface area contributed by atoms with E-state index < -0.39 is 0 Å². The van der Waals surface area contributed by atoms with Gasteiger partial charge in [0.2, 0.25) is 0 Å². The fourth-order valence-corrected chi connectivity index (χ4v) is 3.45. The Morgan fingerprint density at radius 2 is 1.76 bits per heavy atom. The number of nitrogens with one attached hydrogen (secondary N) is 1. The molecule has 1 rings (SSSR count). The second-order valence-electron chi connectivity index (χ2n) is 6.65. The number of likely N-dealkylation sites (N-methyl/N-ethyl adjacent to an activating group) is 2. The van der Waals surface area contributed by atoms with E-state index in [0.717, 1.165) is 11.8 Å². The van der Waals surface area contributed by atoms with E-state index in [-0.39, 0.29) is 0 Å². The molecule has 0 radical (unpaired) electrons. The van der Waals surface area contributed by atoms with E-state index >= 15 is 0 Å². The van der Waals surface area contributed by atoms with Crippen molar-refractivity contribution >= 4 is 0 Å². The summed E-state index contributed by atoms with van der Waals surface area (Å²) in [6.45, 7) is 7.06. The SMILES string of the molecule is CNC(CC(C)C)C1(N(C)C)CCC(C)CC1. The zero-order chi connectivity index (χ0) is 13.1. The molecule has 0 spiro atoms.